The summed E-state index contributed by atoms with van der Waals surface area (Å²) in [6.45, 7) is 18.7. The smallest absolute Gasteiger partial charge is 0.410 e. The average molecular weight is 434 g/mol. The highest BCUT2D eigenvalue weighted by Gasteiger charge is 2.40. The van der Waals surface area contributed by atoms with Crippen LogP contribution in [0.3, 0.4) is 0 Å². The minimum Gasteiger partial charge on any atom is -0.444 e. The Morgan fingerprint density at radius 2 is 1.69 bits per heavy atom. The molecule has 2 atom stereocenters. The minimum atomic E-state index is -1.94. The number of rotatable bonds is 9. The molecule has 1 amide bonds. The third kappa shape index (κ3) is 8.92. The van der Waals surface area contributed by atoms with E-state index in [9.17, 15) is 10.0 Å². The minimum absolute atomic E-state index is 0.0536. The highest BCUT2D eigenvalue weighted by atomic mass is 28.4. The van der Waals surface area contributed by atoms with Crippen molar-refractivity contribution in [3.05, 3.63) is 0 Å². The van der Waals surface area contributed by atoms with Gasteiger partial charge in [-0.1, -0.05) is 25.9 Å². The molecule has 9 heteroatoms. The number of methoxy groups -OCH3 is 1. The zero-order valence-corrected chi connectivity index (χ0v) is 21.3. The molecule has 0 fully saturated rings. The van der Waals surface area contributed by atoms with Gasteiger partial charge in [-0.2, -0.15) is 0 Å². The third-order valence-electron chi connectivity index (χ3n) is 5.59. The van der Waals surface area contributed by atoms with Crippen LogP contribution < -0.4 is 5.73 Å². The number of ether oxygens (including phenoxy) is 2. The van der Waals surface area contributed by atoms with Gasteiger partial charge in [0.2, 0.25) is 0 Å². The van der Waals surface area contributed by atoms with E-state index in [0.717, 1.165) is 0 Å². The lowest BCUT2D eigenvalue weighted by Crippen LogP contribution is -2.49. The first-order chi connectivity index (χ1) is 12.9. The molecule has 2 unspecified atom stereocenters. The summed E-state index contributed by atoms with van der Waals surface area (Å²) >= 11 is 0. The van der Waals surface area contributed by atoms with Gasteiger partial charge in [-0.15, -0.1) is 0 Å². The normalized spacial score (nSPS) is 16.9. The van der Waals surface area contributed by atoms with Crippen molar-refractivity contribution < 1.29 is 23.9 Å². The van der Waals surface area contributed by atoms with E-state index in [2.05, 4.69) is 39.0 Å². The van der Waals surface area contributed by atoms with Crippen LogP contribution in [0.2, 0.25) is 18.1 Å². The Bertz CT molecular complexity index is 569. The molecule has 3 N–H and O–H groups in total. The summed E-state index contributed by atoms with van der Waals surface area (Å²) in [6.07, 6.45) is 0.439. The van der Waals surface area contributed by atoms with Crippen molar-refractivity contribution in [1.29, 1.82) is 0 Å². The molecular formula is C20H43N3O5Si. The van der Waals surface area contributed by atoms with Gasteiger partial charge in [-0.05, 0) is 58.7 Å². The molecule has 8 nitrogen and oxygen atoms in total. The average Bonchev–Trinajstić information content (AvgIpc) is 2.57. The summed E-state index contributed by atoms with van der Waals surface area (Å²) in [5, 5.41) is 12.4. The number of hydrogen-bond acceptors (Lipinski definition) is 6. The van der Waals surface area contributed by atoms with Crippen LogP contribution in [0.15, 0.2) is 5.16 Å². The Morgan fingerprint density at radius 1 is 1.17 bits per heavy atom. The number of hydrogen-bond donors (Lipinski definition) is 2. The fourth-order valence-electron chi connectivity index (χ4n) is 2.29. The SMILES string of the molecule is COC(C)(CCC(/C(N)=N/O)N(C)C(=O)OC(C)(C)C)CO[Si](C)(C)C(C)(C)C. The topological polar surface area (TPSA) is 107 Å². The molecule has 0 rings (SSSR count). The summed E-state index contributed by atoms with van der Waals surface area (Å²) in [5.41, 5.74) is 4.67. The monoisotopic (exact) mass is 433 g/mol. The maximum absolute atomic E-state index is 12.4. The van der Waals surface area contributed by atoms with Crippen LogP contribution in [0.1, 0.15) is 61.3 Å². The van der Waals surface area contributed by atoms with Crippen LogP contribution in [0.5, 0.6) is 0 Å². The first-order valence-electron chi connectivity index (χ1n) is 10.0. The van der Waals surface area contributed by atoms with Gasteiger partial charge in [-0.25, -0.2) is 4.79 Å². The summed E-state index contributed by atoms with van der Waals surface area (Å²) in [7, 11) is 1.29. The Kier molecular flexibility index (Phi) is 9.66. The zero-order chi connectivity index (χ0) is 23.3. The molecule has 172 valence electrons. The fraction of sp³-hybridized carbons (Fsp3) is 0.900. The van der Waals surface area contributed by atoms with Crippen molar-refractivity contribution in [2.75, 3.05) is 20.8 Å². The van der Waals surface area contributed by atoms with E-state index < -0.39 is 31.7 Å². The second-order valence-electron chi connectivity index (χ2n) is 10.4. The summed E-state index contributed by atoms with van der Waals surface area (Å²) in [5.74, 6) is -0.0536. The van der Waals surface area contributed by atoms with Crippen molar-refractivity contribution in [2.24, 2.45) is 10.9 Å². The van der Waals surface area contributed by atoms with Gasteiger partial charge in [0.25, 0.3) is 0 Å². The molecule has 0 aromatic carbocycles. The van der Waals surface area contributed by atoms with Gasteiger partial charge in [0.05, 0.1) is 18.2 Å². The zero-order valence-electron chi connectivity index (χ0n) is 20.3. The van der Waals surface area contributed by atoms with Crippen molar-refractivity contribution >= 4 is 20.2 Å². The van der Waals surface area contributed by atoms with E-state index in [4.69, 9.17) is 19.6 Å². The Labute approximate surface area is 177 Å². The van der Waals surface area contributed by atoms with Gasteiger partial charge >= 0.3 is 6.09 Å². The Hall–Kier alpha value is -1.32. The molecule has 0 aromatic rings. The molecule has 0 heterocycles. The van der Waals surface area contributed by atoms with E-state index in [1.165, 1.54) is 4.90 Å². The van der Waals surface area contributed by atoms with E-state index in [-0.39, 0.29) is 10.9 Å². The van der Waals surface area contributed by atoms with Crippen LogP contribution in [0.25, 0.3) is 0 Å². The van der Waals surface area contributed by atoms with Crippen molar-refractivity contribution in [2.45, 2.75) is 96.7 Å². The molecule has 0 spiro atoms. The van der Waals surface area contributed by atoms with Crippen LogP contribution >= 0.6 is 0 Å². The second-order valence-corrected chi connectivity index (χ2v) is 15.2. The highest BCUT2D eigenvalue weighted by molar-refractivity contribution is 6.74. The molecule has 0 bridgehead atoms. The molecule has 0 saturated carbocycles. The lowest BCUT2D eigenvalue weighted by molar-refractivity contribution is -0.0432. The van der Waals surface area contributed by atoms with Gasteiger partial charge in [0.1, 0.15) is 5.60 Å². The molecule has 0 aliphatic rings. The largest absolute Gasteiger partial charge is 0.444 e. The number of amidine groups is 1. The maximum atomic E-state index is 12.4. The number of carbonyl (C=O) groups is 1. The van der Waals surface area contributed by atoms with Gasteiger partial charge in [0.15, 0.2) is 14.2 Å². The predicted molar refractivity (Wildman–Crippen MR) is 119 cm³/mol. The van der Waals surface area contributed by atoms with Crippen molar-refractivity contribution in [3.63, 3.8) is 0 Å². The summed E-state index contributed by atoms with van der Waals surface area (Å²) in [4.78, 5) is 13.8. The third-order valence-corrected chi connectivity index (χ3v) is 10.1. The maximum Gasteiger partial charge on any atom is 0.410 e. The standard InChI is InChI=1S/C20H43N3O5Si/c1-18(2,3)28-17(24)23(8)15(16(21)22-25)12-13-20(7,26-9)14-27-29(10,11)19(4,5)6/h15,25H,12-14H2,1-11H3,(H2,21,22). The summed E-state index contributed by atoms with van der Waals surface area (Å²) < 4.78 is 17.5. The Balaban J connectivity index is 5.28. The van der Waals surface area contributed by atoms with Crippen LogP contribution in [0, 0.1) is 0 Å². The molecular weight excluding hydrogens is 390 g/mol. The number of amides is 1. The molecule has 0 aliphatic heterocycles. The van der Waals surface area contributed by atoms with Crippen LogP contribution in [-0.2, 0) is 13.9 Å². The van der Waals surface area contributed by atoms with Crippen molar-refractivity contribution in [1.82, 2.24) is 4.90 Å². The van der Waals surface area contributed by atoms with E-state index >= 15 is 0 Å². The van der Waals surface area contributed by atoms with E-state index in [0.29, 0.717) is 19.4 Å². The highest BCUT2D eigenvalue weighted by Crippen LogP contribution is 2.37. The van der Waals surface area contributed by atoms with Gasteiger partial charge < -0.3 is 29.7 Å². The first kappa shape index (κ1) is 27.7. The number of likely N-dealkylation sites (N-methyl/N-ethyl adjacent to an activating group) is 1. The molecule has 0 aliphatic carbocycles. The van der Waals surface area contributed by atoms with Crippen LogP contribution in [-0.4, -0.2) is 68.4 Å². The lowest BCUT2D eigenvalue weighted by atomic mass is 9.96. The molecule has 0 aromatic heterocycles. The van der Waals surface area contributed by atoms with Gasteiger partial charge in [-0.3, -0.25) is 0 Å². The number of carbonyl (C=O) groups excluding carboxylic acids is 1. The predicted octanol–water partition coefficient (Wildman–Crippen LogP) is 4.18. The number of oxime groups is 1. The molecule has 0 radical (unpaired) electrons. The fourth-order valence-corrected chi connectivity index (χ4v) is 3.39. The molecule has 29 heavy (non-hydrogen) atoms. The lowest BCUT2D eigenvalue weighted by Gasteiger charge is -2.40. The Morgan fingerprint density at radius 3 is 2.07 bits per heavy atom. The quantitative estimate of drug-likeness (QED) is 0.186. The first-order valence-corrected chi connectivity index (χ1v) is 12.9. The number of nitrogens with two attached hydrogens (primary N) is 1. The summed E-state index contributed by atoms with van der Waals surface area (Å²) in [6, 6.07) is -0.628. The van der Waals surface area contributed by atoms with E-state index in [1.807, 2.05) is 6.92 Å². The van der Waals surface area contributed by atoms with Gasteiger partial charge in [0, 0.05) is 14.2 Å². The molecule has 0 saturated heterocycles. The van der Waals surface area contributed by atoms with Crippen LogP contribution in [0.4, 0.5) is 4.79 Å². The second kappa shape index (κ2) is 10.1. The number of nitrogens with zero attached hydrogens (tertiary/aromatic N) is 2. The van der Waals surface area contributed by atoms with E-state index in [1.54, 1.807) is 34.9 Å². The van der Waals surface area contributed by atoms with Crippen molar-refractivity contribution in [3.8, 4) is 0 Å².